The van der Waals surface area contributed by atoms with Crippen LogP contribution in [0.15, 0.2) is 0 Å². The Morgan fingerprint density at radius 1 is 1.64 bits per heavy atom. The molecule has 1 aliphatic rings. The van der Waals surface area contributed by atoms with Gasteiger partial charge in [-0.15, -0.1) is 0 Å². The summed E-state index contributed by atoms with van der Waals surface area (Å²) in [4.78, 5) is 0. The molecule has 0 saturated carbocycles. The minimum atomic E-state index is -2.93. The number of sulfonamides is 1. The zero-order valence-electron chi connectivity index (χ0n) is 6.46. The third-order valence-corrected chi connectivity index (χ3v) is 4.12. The first-order valence-electron chi connectivity index (χ1n) is 3.55. The van der Waals surface area contributed by atoms with Gasteiger partial charge in [-0.05, 0) is 12.3 Å². The minimum Gasteiger partial charge on any atom is -0.213 e. The Kier molecular flexibility index (Phi) is 2.94. The molecule has 1 rings (SSSR count). The van der Waals surface area contributed by atoms with E-state index in [-0.39, 0.29) is 0 Å². The van der Waals surface area contributed by atoms with Gasteiger partial charge >= 0.3 is 0 Å². The van der Waals surface area contributed by atoms with Gasteiger partial charge in [-0.25, -0.2) is 12.7 Å². The van der Waals surface area contributed by atoms with Crippen LogP contribution in [0.4, 0.5) is 0 Å². The van der Waals surface area contributed by atoms with Gasteiger partial charge in [0.25, 0.3) is 0 Å². The summed E-state index contributed by atoms with van der Waals surface area (Å²) in [5.41, 5.74) is 0. The molecule has 1 aliphatic heterocycles. The van der Waals surface area contributed by atoms with E-state index in [1.165, 1.54) is 6.26 Å². The third kappa shape index (κ3) is 2.42. The van der Waals surface area contributed by atoms with Crippen molar-refractivity contribution in [3.8, 4) is 0 Å². The summed E-state index contributed by atoms with van der Waals surface area (Å²) in [7, 11) is -2.93. The Labute approximate surface area is 75.9 Å². The highest BCUT2D eigenvalue weighted by atomic mass is 79.9. The Morgan fingerprint density at radius 2 is 2.27 bits per heavy atom. The number of hydrogen-bond acceptors (Lipinski definition) is 2. The molecular formula is C6H12BrNO2S. The second kappa shape index (κ2) is 3.41. The molecule has 5 heteroatoms. The Hall–Kier alpha value is 0.390. The molecule has 0 aliphatic carbocycles. The standard InChI is InChI=1S/C6H12BrNO2S/c1-11(9,10)8-3-2-6(4-7)5-8/h6H,2-5H2,1H3/t6-/m1/s1. The largest absolute Gasteiger partial charge is 0.213 e. The van der Waals surface area contributed by atoms with E-state index in [1.807, 2.05) is 0 Å². The molecule has 0 unspecified atom stereocenters. The Morgan fingerprint density at radius 3 is 2.55 bits per heavy atom. The quantitative estimate of drug-likeness (QED) is 0.667. The fourth-order valence-corrected chi connectivity index (χ4v) is 2.67. The maximum Gasteiger partial charge on any atom is 0.211 e. The molecule has 0 radical (unpaired) electrons. The molecule has 0 bridgehead atoms. The molecule has 11 heavy (non-hydrogen) atoms. The van der Waals surface area contributed by atoms with E-state index in [0.717, 1.165) is 11.8 Å². The average molecular weight is 242 g/mol. The lowest BCUT2D eigenvalue weighted by molar-refractivity contribution is 0.471. The molecule has 0 spiro atoms. The number of nitrogens with zero attached hydrogens (tertiary/aromatic N) is 1. The van der Waals surface area contributed by atoms with Crippen LogP contribution in [0.1, 0.15) is 6.42 Å². The van der Waals surface area contributed by atoms with Crippen molar-refractivity contribution >= 4 is 26.0 Å². The lowest BCUT2D eigenvalue weighted by atomic mass is 10.2. The van der Waals surface area contributed by atoms with E-state index in [9.17, 15) is 8.42 Å². The first-order chi connectivity index (χ1) is 5.04. The first kappa shape index (κ1) is 9.48. The van der Waals surface area contributed by atoms with Crippen LogP contribution >= 0.6 is 15.9 Å². The first-order valence-corrected chi connectivity index (χ1v) is 6.52. The number of alkyl halides is 1. The van der Waals surface area contributed by atoms with Gasteiger partial charge in [0, 0.05) is 18.4 Å². The molecule has 0 aromatic rings. The summed E-state index contributed by atoms with van der Waals surface area (Å²) in [6.45, 7) is 1.37. The van der Waals surface area contributed by atoms with Crippen LogP contribution in [-0.4, -0.2) is 37.4 Å². The Bertz CT molecular complexity index is 227. The third-order valence-electron chi connectivity index (χ3n) is 1.94. The smallest absolute Gasteiger partial charge is 0.211 e. The van der Waals surface area contributed by atoms with Crippen molar-refractivity contribution in [3.05, 3.63) is 0 Å². The predicted molar refractivity (Wildman–Crippen MR) is 48.3 cm³/mol. The summed E-state index contributed by atoms with van der Waals surface area (Å²) in [6, 6.07) is 0. The van der Waals surface area contributed by atoms with Crippen molar-refractivity contribution in [3.63, 3.8) is 0 Å². The molecule has 1 fully saturated rings. The number of rotatable bonds is 2. The zero-order valence-corrected chi connectivity index (χ0v) is 8.86. The average Bonchev–Trinajstić information content (AvgIpc) is 2.32. The van der Waals surface area contributed by atoms with Crippen LogP contribution in [0.25, 0.3) is 0 Å². The summed E-state index contributed by atoms with van der Waals surface area (Å²) < 4.78 is 23.6. The van der Waals surface area contributed by atoms with Crippen LogP contribution in [-0.2, 0) is 10.0 Å². The molecule has 0 aromatic carbocycles. The van der Waals surface area contributed by atoms with E-state index in [4.69, 9.17) is 0 Å². The van der Waals surface area contributed by atoms with Crippen molar-refractivity contribution in [2.75, 3.05) is 24.7 Å². The van der Waals surface area contributed by atoms with Crippen LogP contribution in [0.3, 0.4) is 0 Å². The lowest BCUT2D eigenvalue weighted by Crippen LogP contribution is -2.27. The van der Waals surface area contributed by atoms with Gasteiger partial charge in [-0.1, -0.05) is 15.9 Å². The maximum atomic E-state index is 11.0. The van der Waals surface area contributed by atoms with Crippen LogP contribution in [0.2, 0.25) is 0 Å². The molecule has 1 saturated heterocycles. The molecule has 66 valence electrons. The van der Waals surface area contributed by atoms with Gasteiger partial charge in [-0.2, -0.15) is 0 Å². The fraction of sp³-hybridized carbons (Fsp3) is 1.00. The van der Waals surface area contributed by atoms with E-state index in [2.05, 4.69) is 15.9 Å². The van der Waals surface area contributed by atoms with E-state index >= 15 is 0 Å². The monoisotopic (exact) mass is 241 g/mol. The second-order valence-electron chi connectivity index (χ2n) is 2.93. The van der Waals surface area contributed by atoms with Crippen LogP contribution in [0, 0.1) is 5.92 Å². The topological polar surface area (TPSA) is 37.4 Å². The summed E-state index contributed by atoms with van der Waals surface area (Å²) in [5.74, 6) is 0.504. The lowest BCUT2D eigenvalue weighted by Gasteiger charge is -2.11. The highest BCUT2D eigenvalue weighted by Gasteiger charge is 2.27. The SMILES string of the molecule is CS(=O)(=O)N1CC[C@H](CBr)C1. The van der Waals surface area contributed by atoms with Gasteiger partial charge in [0.15, 0.2) is 0 Å². The Balaban J connectivity index is 2.55. The van der Waals surface area contributed by atoms with E-state index in [1.54, 1.807) is 4.31 Å². The summed E-state index contributed by atoms with van der Waals surface area (Å²) in [5, 5.41) is 0.902. The van der Waals surface area contributed by atoms with Gasteiger partial charge in [0.05, 0.1) is 6.26 Å². The molecule has 1 heterocycles. The fourth-order valence-electron chi connectivity index (χ4n) is 1.22. The normalized spacial score (nSPS) is 27.6. The van der Waals surface area contributed by atoms with Crippen molar-refractivity contribution in [2.45, 2.75) is 6.42 Å². The van der Waals surface area contributed by atoms with Crippen molar-refractivity contribution in [2.24, 2.45) is 5.92 Å². The molecule has 3 nitrogen and oxygen atoms in total. The zero-order chi connectivity index (χ0) is 8.48. The highest BCUT2D eigenvalue weighted by Crippen LogP contribution is 2.19. The molecular weight excluding hydrogens is 230 g/mol. The van der Waals surface area contributed by atoms with Crippen molar-refractivity contribution in [1.82, 2.24) is 4.31 Å². The van der Waals surface area contributed by atoms with Crippen LogP contribution in [0.5, 0.6) is 0 Å². The van der Waals surface area contributed by atoms with Crippen LogP contribution < -0.4 is 0 Å². The molecule has 0 aromatic heterocycles. The molecule has 1 atom stereocenters. The second-order valence-corrected chi connectivity index (χ2v) is 5.56. The van der Waals surface area contributed by atoms with Crippen molar-refractivity contribution in [1.29, 1.82) is 0 Å². The van der Waals surface area contributed by atoms with Gasteiger partial charge < -0.3 is 0 Å². The van der Waals surface area contributed by atoms with E-state index < -0.39 is 10.0 Å². The summed E-state index contributed by atoms with van der Waals surface area (Å²) in [6.07, 6.45) is 2.25. The van der Waals surface area contributed by atoms with E-state index in [0.29, 0.717) is 19.0 Å². The minimum absolute atomic E-state index is 0.504. The van der Waals surface area contributed by atoms with Gasteiger partial charge in [0.2, 0.25) is 10.0 Å². The summed E-state index contributed by atoms with van der Waals surface area (Å²) >= 11 is 3.35. The maximum absolute atomic E-state index is 11.0. The predicted octanol–water partition coefficient (Wildman–Crippen LogP) is 0.663. The number of halogens is 1. The van der Waals surface area contributed by atoms with Gasteiger partial charge in [0.1, 0.15) is 0 Å². The number of hydrogen-bond donors (Lipinski definition) is 0. The highest BCUT2D eigenvalue weighted by molar-refractivity contribution is 9.09. The molecule has 0 amide bonds. The van der Waals surface area contributed by atoms with Gasteiger partial charge in [-0.3, -0.25) is 0 Å². The molecule has 0 N–H and O–H groups in total. The van der Waals surface area contributed by atoms with Crippen molar-refractivity contribution < 1.29 is 8.42 Å².